The first-order valence-electron chi connectivity index (χ1n) is 7.60. The first kappa shape index (κ1) is 14.7. The molecular formula is C16H22ClN3O. The topological polar surface area (TPSA) is 30.3 Å². The van der Waals surface area contributed by atoms with E-state index in [0.29, 0.717) is 11.9 Å². The van der Waals surface area contributed by atoms with Crippen LogP contribution in [0.5, 0.6) is 5.75 Å². The van der Waals surface area contributed by atoms with Crippen molar-refractivity contribution in [1.29, 1.82) is 0 Å². The van der Waals surface area contributed by atoms with Crippen molar-refractivity contribution in [3.63, 3.8) is 0 Å². The van der Waals surface area contributed by atoms with Crippen LogP contribution in [0.1, 0.15) is 31.6 Å². The fourth-order valence-corrected chi connectivity index (χ4v) is 3.52. The molecule has 1 unspecified atom stereocenters. The van der Waals surface area contributed by atoms with Crippen LogP contribution in [-0.4, -0.2) is 41.2 Å². The van der Waals surface area contributed by atoms with E-state index in [2.05, 4.69) is 22.5 Å². The lowest BCUT2D eigenvalue weighted by Gasteiger charge is -2.33. The van der Waals surface area contributed by atoms with Crippen molar-refractivity contribution in [3.05, 3.63) is 24.0 Å². The highest BCUT2D eigenvalue weighted by Gasteiger charge is 2.25. The van der Waals surface area contributed by atoms with E-state index in [-0.39, 0.29) is 0 Å². The van der Waals surface area contributed by atoms with Crippen LogP contribution in [0.2, 0.25) is 0 Å². The minimum atomic E-state index is 0.431. The lowest BCUT2D eigenvalue weighted by molar-refractivity contribution is 0.186. The van der Waals surface area contributed by atoms with Gasteiger partial charge < -0.3 is 14.2 Å². The molecule has 114 valence electrons. The zero-order chi connectivity index (χ0) is 14.8. The fraction of sp³-hybridized carbons (Fsp3) is 0.562. The van der Waals surface area contributed by atoms with Crippen LogP contribution in [0.25, 0.3) is 11.0 Å². The van der Waals surface area contributed by atoms with Crippen LogP contribution in [0.15, 0.2) is 18.2 Å². The molecule has 5 heteroatoms. The van der Waals surface area contributed by atoms with E-state index >= 15 is 0 Å². The maximum atomic E-state index is 6.15. The number of benzene rings is 1. The maximum absolute atomic E-state index is 6.15. The quantitative estimate of drug-likeness (QED) is 0.811. The van der Waals surface area contributed by atoms with E-state index in [1.807, 2.05) is 12.1 Å². The summed E-state index contributed by atoms with van der Waals surface area (Å²) in [5, 5.41) is 0. The Balaban J connectivity index is 2.08. The summed E-state index contributed by atoms with van der Waals surface area (Å²) in [6.07, 6.45) is 2.41. The molecule has 1 saturated heterocycles. The Kier molecular flexibility index (Phi) is 4.36. The average molecular weight is 308 g/mol. The van der Waals surface area contributed by atoms with Crippen molar-refractivity contribution in [2.45, 2.75) is 31.7 Å². The summed E-state index contributed by atoms with van der Waals surface area (Å²) in [7, 11) is 1.69. The van der Waals surface area contributed by atoms with Gasteiger partial charge in [-0.3, -0.25) is 0 Å². The van der Waals surface area contributed by atoms with Gasteiger partial charge in [0.05, 0.1) is 18.5 Å². The third-order valence-electron chi connectivity index (χ3n) is 4.39. The first-order valence-corrected chi connectivity index (χ1v) is 8.14. The Morgan fingerprint density at radius 2 is 2.29 bits per heavy atom. The van der Waals surface area contributed by atoms with Crippen LogP contribution in [0, 0.1) is 0 Å². The molecule has 0 bridgehead atoms. The molecule has 1 aromatic heterocycles. The Labute approximate surface area is 130 Å². The summed E-state index contributed by atoms with van der Waals surface area (Å²) >= 11 is 6.15. The molecule has 0 spiro atoms. The number of imidazole rings is 1. The molecule has 1 aliphatic heterocycles. The maximum Gasteiger partial charge on any atom is 0.146 e. The zero-order valence-corrected chi connectivity index (χ0v) is 13.4. The summed E-state index contributed by atoms with van der Waals surface area (Å²) in [6.45, 7) is 5.59. The summed E-state index contributed by atoms with van der Waals surface area (Å²) < 4.78 is 7.77. The number of piperidine rings is 1. The summed E-state index contributed by atoms with van der Waals surface area (Å²) in [6, 6.07) is 6.55. The predicted octanol–water partition coefficient (Wildman–Crippen LogP) is 3.44. The van der Waals surface area contributed by atoms with Crippen LogP contribution in [0.3, 0.4) is 0 Å². The predicted molar refractivity (Wildman–Crippen MR) is 86.2 cm³/mol. The molecule has 4 nitrogen and oxygen atoms in total. The molecule has 3 rings (SSSR count). The van der Waals surface area contributed by atoms with Gasteiger partial charge >= 0.3 is 0 Å². The number of fused-ring (bicyclic) bond motifs is 1. The van der Waals surface area contributed by atoms with Crippen molar-refractivity contribution in [2.75, 3.05) is 26.7 Å². The van der Waals surface area contributed by atoms with Gasteiger partial charge in [-0.1, -0.05) is 13.0 Å². The molecule has 0 aliphatic carbocycles. The third-order valence-corrected chi connectivity index (χ3v) is 4.63. The van der Waals surface area contributed by atoms with Gasteiger partial charge in [0.1, 0.15) is 17.1 Å². The number of likely N-dealkylation sites (tertiary alicyclic amines) is 1. The molecule has 1 fully saturated rings. The highest BCUT2D eigenvalue weighted by molar-refractivity contribution is 6.16. The van der Waals surface area contributed by atoms with E-state index in [0.717, 1.165) is 35.7 Å². The second-order valence-electron chi connectivity index (χ2n) is 5.55. The Morgan fingerprint density at radius 1 is 1.43 bits per heavy atom. The van der Waals surface area contributed by atoms with Crippen LogP contribution >= 0.6 is 11.6 Å². The van der Waals surface area contributed by atoms with Gasteiger partial charge in [0.15, 0.2) is 0 Å². The molecule has 0 amide bonds. The number of halogens is 1. The van der Waals surface area contributed by atoms with Gasteiger partial charge in [-0.15, -0.1) is 11.6 Å². The number of alkyl halides is 1. The van der Waals surface area contributed by atoms with Gasteiger partial charge in [0.2, 0.25) is 0 Å². The largest absolute Gasteiger partial charge is 0.494 e. The zero-order valence-electron chi connectivity index (χ0n) is 12.7. The highest BCUT2D eigenvalue weighted by Crippen LogP contribution is 2.32. The number of para-hydroxylation sites is 1. The normalized spacial score (nSPS) is 20.0. The molecule has 0 radical (unpaired) electrons. The Morgan fingerprint density at radius 3 is 3.00 bits per heavy atom. The van der Waals surface area contributed by atoms with Crippen LogP contribution in [-0.2, 0) is 5.88 Å². The number of aromatic nitrogens is 2. The molecule has 1 aliphatic rings. The standard InChI is InChI=1S/C16H22ClN3O/c1-3-19-9-5-6-12(11-19)20-13-7-4-8-14(21-2)16(13)18-15(20)10-17/h4,7-8,12H,3,5-6,9-11H2,1-2H3. The highest BCUT2D eigenvalue weighted by atomic mass is 35.5. The van der Waals surface area contributed by atoms with E-state index in [1.54, 1.807) is 7.11 Å². The van der Waals surface area contributed by atoms with Gasteiger partial charge in [-0.2, -0.15) is 0 Å². The lowest BCUT2D eigenvalue weighted by atomic mass is 10.1. The van der Waals surface area contributed by atoms with Crippen molar-refractivity contribution in [1.82, 2.24) is 14.5 Å². The number of rotatable bonds is 4. The monoisotopic (exact) mass is 307 g/mol. The van der Waals surface area contributed by atoms with Crippen molar-refractivity contribution in [2.24, 2.45) is 0 Å². The second-order valence-corrected chi connectivity index (χ2v) is 5.82. The van der Waals surface area contributed by atoms with E-state index in [4.69, 9.17) is 21.3 Å². The number of ether oxygens (including phenoxy) is 1. The molecule has 0 N–H and O–H groups in total. The molecule has 0 saturated carbocycles. The lowest BCUT2D eigenvalue weighted by Crippen LogP contribution is -2.36. The fourth-order valence-electron chi connectivity index (χ4n) is 3.34. The second kappa shape index (κ2) is 6.24. The summed E-state index contributed by atoms with van der Waals surface area (Å²) in [4.78, 5) is 7.21. The third kappa shape index (κ3) is 2.62. The number of hydrogen-bond acceptors (Lipinski definition) is 3. The van der Waals surface area contributed by atoms with Gasteiger partial charge in [-0.05, 0) is 38.1 Å². The number of nitrogens with zero attached hydrogens (tertiary/aromatic N) is 3. The summed E-state index contributed by atoms with van der Waals surface area (Å²) in [5.41, 5.74) is 2.05. The molecule has 2 heterocycles. The van der Waals surface area contributed by atoms with Gasteiger partial charge in [0.25, 0.3) is 0 Å². The van der Waals surface area contributed by atoms with Crippen LogP contribution < -0.4 is 4.74 Å². The minimum absolute atomic E-state index is 0.431. The first-order chi connectivity index (χ1) is 10.3. The SMILES string of the molecule is CCN1CCCC(n2c(CCl)nc3c(OC)cccc32)C1. The van der Waals surface area contributed by atoms with E-state index < -0.39 is 0 Å². The Hall–Kier alpha value is -1.26. The summed E-state index contributed by atoms with van der Waals surface area (Å²) in [5.74, 6) is 2.19. The molecular weight excluding hydrogens is 286 g/mol. The smallest absolute Gasteiger partial charge is 0.146 e. The molecule has 1 aromatic carbocycles. The van der Waals surface area contributed by atoms with Crippen molar-refractivity contribution >= 4 is 22.6 Å². The van der Waals surface area contributed by atoms with Crippen molar-refractivity contribution < 1.29 is 4.74 Å². The molecule has 21 heavy (non-hydrogen) atoms. The van der Waals surface area contributed by atoms with Crippen molar-refractivity contribution in [3.8, 4) is 5.75 Å². The van der Waals surface area contributed by atoms with E-state index in [9.17, 15) is 0 Å². The van der Waals surface area contributed by atoms with E-state index in [1.165, 1.54) is 19.4 Å². The van der Waals surface area contributed by atoms with Gasteiger partial charge in [0, 0.05) is 12.6 Å². The Bertz CT molecular complexity index is 625. The van der Waals surface area contributed by atoms with Gasteiger partial charge in [-0.25, -0.2) is 4.98 Å². The number of hydrogen-bond donors (Lipinski definition) is 0. The minimum Gasteiger partial charge on any atom is -0.494 e. The average Bonchev–Trinajstić information content (AvgIpc) is 2.93. The molecule has 2 aromatic rings. The van der Waals surface area contributed by atoms with Crippen LogP contribution in [0.4, 0.5) is 0 Å². The molecule has 1 atom stereocenters. The number of likely N-dealkylation sites (N-methyl/N-ethyl adjacent to an activating group) is 1. The number of methoxy groups -OCH3 is 1.